The van der Waals surface area contributed by atoms with Crippen molar-refractivity contribution in [3.63, 3.8) is 0 Å². The Morgan fingerprint density at radius 2 is 1.86 bits per heavy atom. The van der Waals surface area contributed by atoms with Crippen LogP contribution in [-0.2, 0) is 6.18 Å². The number of benzene rings is 1. The molecule has 3 nitrogen and oxygen atoms in total. The third-order valence-electron chi connectivity index (χ3n) is 2.83. The van der Waals surface area contributed by atoms with Crippen LogP contribution >= 0.6 is 11.6 Å². The molecule has 1 heterocycles. The molecule has 112 valence electrons. The van der Waals surface area contributed by atoms with Crippen molar-refractivity contribution in [2.75, 3.05) is 11.9 Å². The van der Waals surface area contributed by atoms with Crippen LogP contribution in [-0.4, -0.2) is 16.7 Å². The Labute approximate surface area is 124 Å². The van der Waals surface area contributed by atoms with E-state index in [9.17, 15) is 18.3 Å². The van der Waals surface area contributed by atoms with Crippen LogP contribution in [0.15, 0.2) is 42.5 Å². The number of anilines is 1. The first-order chi connectivity index (χ1) is 9.90. The Bertz CT molecular complexity index is 605. The fourth-order valence-corrected chi connectivity index (χ4v) is 2.04. The first-order valence-corrected chi connectivity index (χ1v) is 6.45. The van der Waals surface area contributed by atoms with E-state index in [-0.39, 0.29) is 17.6 Å². The number of hydrogen-bond donors (Lipinski definition) is 2. The second kappa shape index (κ2) is 6.32. The van der Waals surface area contributed by atoms with Gasteiger partial charge in [-0.15, -0.1) is 0 Å². The quantitative estimate of drug-likeness (QED) is 0.841. The van der Waals surface area contributed by atoms with Crippen LogP contribution < -0.4 is 5.32 Å². The Hall–Kier alpha value is -1.79. The molecule has 2 N–H and O–H groups in total. The van der Waals surface area contributed by atoms with E-state index < -0.39 is 17.8 Å². The largest absolute Gasteiger partial charge is 0.416 e. The number of hydrogen-bond acceptors (Lipinski definition) is 3. The Kier molecular flexibility index (Phi) is 4.69. The van der Waals surface area contributed by atoms with Crippen LogP contribution in [0, 0.1) is 0 Å². The average Bonchev–Trinajstić information content (AvgIpc) is 2.44. The molecule has 7 heteroatoms. The van der Waals surface area contributed by atoms with Crippen molar-refractivity contribution in [3.8, 4) is 0 Å². The lowest BCUT2D eigenvalue weighted by atomic mass is 10.1. The molecule has 0 saturated heterocycles. The van der Waals surface area contributed by atoms with Gasteiger partial charge in [0.1, 0.15) is 11.0 Å². The summed E-state index contributed by atoms with van der Waals surface area (Å²) in [5.41, 5.74) is -0.162. The second-order valence-corrected chi connectivity index (χ2v) is 4.74. The fraction of sp³-hybridized carbons (Fsp3) is 0.214. The van der Waals surface area contributed by atoms with Gasteiger partial charge in [-0.2, -0.15) is 13.2 Å². The molecule has 2 rings (SSSR count). The SMILES string of the molecule is OCC(Nc1cc(C(F)(F)F)cc(Cl)n1)c1ccccc1. The van der Waals surface area contributed by atoms with Gasteiger partial charge in [-0.1, -0.05) is 41.9 Å². The molecular weight excluding hydrogens is 305 g/mol. The van der Waals surface area contributed by atoms with E-state index in [1.165, 1.54) is 0 Å². The molecule has 1 aromatic heterocycles. The smallest absolute Gasteiger partial charge is 0.394 e. The van der Waals surface area contributed by atoms with Crippen LogP contribution in [0.25, 0.3) is 0 Å². The Morgan fingerprint density at radius 3 is 2.43 bits per heavy atom. The monoisotopic (exact) mass is 316 g/mol. The maximum absolute atomic E-state index is 12.7. The second-order valence-electron chi connectivity index (χ2n) is 4.35. The molecule has 1 aromatic carbocycles. The van der Waals surface area contributed by atoms with Gasteiger partial charge in [-0.25, -0.2) is 4.98 Å². The summed E-state index contributed by atoms with van der Waals surface area (Å²) in [4.78, 5) is 3.80. The molecule has 2 aromatic rings. The third kappa shape index (κ3) is 4.09. The van der Waals surface area contributed by atoms with E-state index >= 15 is 0 Å². The standard InChI is InChI=1S/C14H12ClF3N2O/c15-12-6-10(14(16,17)18)7-13(20-12)19-11(8-21)9-4-2-1-3-5-9/h1-7,11,21H,8H2,(H,19,20). The van der Waals surface area contributed by atoms with Gasteiger partial charge in [0.25, 0.3) is 0 Å². The molecule has 0 aliphatic carbocycles. The van der Waals surface area contributed by atoms with Crippen LogP contribution in [0.4, 0.5) is 19.0 Å². The summed E-state index contributed by atoms with van der Waals surface area (Å²) in [6, 6.07) is 9.89. The summed E-state index contributed by atoms with van der Waals surface area (Å²) < 4.78 is 38.2. The number of aliphatic hydroxyl groups excluding tert-OH is 1. The molecular formula is C14H12ClF3N2O. The van der Waals surface area contributed by atoms with Crippen molar-refractivity contribution in [2.45, 2.75) is 12.2 Å². The average molecular weight is 317 g/mol. The van der Waals surface area contributed by atoms with Crippen LogP contribution in [0.5, 0.6) is 0 Å². The highest BCUT2D eigenvalue weighted by molar-refractivity contribution is 6.29. The van der Waals surface area contributed by atoms with Gasteiger partial charge in [0.05, 0.1) is 18.2 Å². The number of nitrogens with one attached hydrogen (secondary N) is 1. The number of halogens is 4. The number of alkyl halides is 3. The van der Waals surface area contributed by atoms with E-state index in [0.29, 0.717) is 0 Å². The zero-order valence-corrected chi connectivity index (χ0v) is 11.5. The minimum Gasteiger partial charge on any atom is -0.394 e. The van der Waals surface area contributed by atoms with Gasteiger partial charge in [0.2, 0.25) is 0 Å². The van der Waals surface area contributed by atoms with Crippen LogP contribution in [0.3, 0.4) is 0 Å². The topological polar surface area (TPSA) is 45.1 Å². The zero-order valence-electron chi connectivity index (χ0n) is 10.7. The molecule has 0 radical (unpaired) electrons. The van der Waals surface area contributed by atoms with Crippen LogP contribution in [0.1, 0.15) is 17.2 Å². The molecule has 0 aliphatic rings. The first-order valence-electron chi connectivity index (χ1n) is 6.07. The summed E-state index contributed by atoms with van der Waals surface area (Å²) in [5.74, 6) is -0.0438. The van der Waals surface area contributed by atoms with Gasteiger partial charge in [-0.3, -0.25) is 0 Å². The number of rotatable bonds is 4. The van der Waals surface area contributed by atoms with E-state index in [1.54, 1.807) is 30.3 Å². The maximum Gasteiger partial charge on any atom is 0.416 e. The molecule has 21 heavy (non-hydrogen) atoms. The van der Waals surface area contributed by atoms with Gasteiger partial charge in [0.15, 0.2) is 0 Å². The van der Waals surface area contributed by atoms with Gasteiger partial charge in [-0.05, 0) is 17.7 Å². The normalized spacial score (nSPS) is 13.0. The highest BCUT2D eigenvalue weighted by Gasteiger charge is 2.31. The Morgan fingerprint density at radius 1 is 1.19 bits per heavy atom. The van der Waals surface area contributed by atoms with Gasteiger partial charge in [0, 0.05) is 0 Å². The van der Waals surface area contributed by atoms with Crippen molar-refractivity contribution in [2.24, 2.45) is 0 Å². The van der Waals surface area contributed by atoms with E-state index in [4.69, 9.17) is 11.6 Å². The van der Waals surface area contributed by atoms with Crippen molar-refractivity contribution in [1.29, 1.82) is 0 Å². The van der Waals surface area contributed by atoms with Gasteiger partial charge >= 0.3 is 6.18 Å². The predicted octanol–water partition coefficient (Wildman–Crippen LogP) is 3.90. The summed E-state index contributed by atoms with van der Waals surface area (Å²) in [6.07, 6.45) is -4.51. The van der Waals surface area contributed by atoms with E-state index in [1.807, 2.05) is 0 Å². The highest BCUT2D eigenvalue weighted by Crippen LogP contribution is 2.32. The molecule has 0 spiro atoms. The molecule has 1 atom stereocenters. The zero-order chi connectivity index (χ0) is 15.5. The Balaban J connectivity index is 2.28. The maximum atomic E-state index is 12.7. The molecule has 0 fully saturated rings. The number of nitrogens with zero attached hydrogens (tertiary/aromatic N) is 1. The molecule has 0 amide bonds. The van der Waals surface area contributed by atoms with Crippen molar-refractivity contribution >= 4 is 17.4 Å². The minimum absolute atomic E-state index is 0.0438. The van der Waals surface area contributed by atoms with Crippen molar-refractivity contribution in [3.05, 3.63) is 58.7 Å². The fourth-order valence-electron chi connectivity index (χ4n) is 1.83. The van der Waals surface area contributed by atoms with E-state index in [0.717, 1.165) is 17.7 Å². The molecule has 0 saturated carbocycles. The number of pyridine rings is 1. The summed E-state index contributed by atoms with van der Waals surface area (Å²) in [7, 11) is 0. The summed E-state index contributed by atoms with van der Waals surface area (Å²) in [6.45, 7) is -0.292. The van der Waals surface area contributed by atoms with Crippen molar-refractivity contribution < 1.29 is 18.3 Å². The lowest BCUT2D eigenvalue weighted by Crippen LogP contribution is -2.16. The lowest BCUT2D eigenvalue weighted by Gasteiger charge is -2.18. The number of aromatic nitrogens is 1. The van der Waals surface area contributed by atoms with E-state index in [2.05, 4.69) is 10.3 Å². The summed E-state index contributed by atoms with van der Waals surface area (Å²) >= 11 is 5.62. The molecule has 0 bridgehead atoms. The highest BCUT2D eigenvalue weighted by atomic mass is 35.5. The van der Waals surface area contributed by atoms with Gasteiger partial charge < -0.3 is 10.4 Å². The molecule has 1 unspecified atom stereocenters. The minimum atomic E-state index is -4.51. The first kappa shape index (κ1) is 15.6. The lowest BCUT2D eigenvalue weighted by molar-refractivity contribution is -0.137. The van der Waals surface area contributed by atoms with Crippen LogP contribution in [0.2, 0.25) is 5.15 Å². The third-order valence-corrected chi connectivity index (χ3v) is 3.02. The molecule has 0 aliphatic heterocycles. The predicted molar refractivity (Wildman–Crippen MR) is 74.1 cm³/mol. The van der Waals surface area contributed by atoms with Crippen molar-refractivity contribution in [1.82, 2.24) is 4.98 Å². The number of aliphatic hydroxyl groups is 1. The summed E-state index contributed by atoms with van der Waals surface area (Å²) in [5, 5.41) is 11.9.